The molecule has 0 unspecified atom stereocenters. The first-order valence-electron chi connectivity index (χ1n) is 5.87. The number of aryl methyl sites for hydroxylation is 1. The van der Waals surface area contributed by atoms with Crippen molar-refractivity contribution in [3.8, 4) is 0 Å². The van der Waals surface area contributed by atoms with Gasteiger partial charge in [-0.05, 0) is 25.1 Å². The van der Waals surface area contributed by atoms with Crippen molar-refractivity contribution in [2.75, 3.05) is 12.4 Å². The fourth-order valence-electron chi connectivity index (χ4n) is 1.77. The number of hydrogen-bond donors (Lipinski definition) is 1. The molecule has 0 aromatic carbocycles. The van der Waals surface area contributed by atoms with E-state index < -0.39 is 0 Å². The van der Waals surface area contributed by atoms with Crippen molar-refractivity contribution in [1.82, 2.24) is 9.97 Å². The van der Waals surface area contributed by atoms with E-state index in [1.54, 1.807) is 29.4 Å². The standard InChI is InChI=1S/C13H13N3OS2/c1-8-6-10-11(18-7-9-4-3-5-17-9)15-13(14-2)16-12(10)19-8/h3-6H,7H2,1-2H3,(H,14,15,16). The van der Waals surface area contributed by atoms with Crippen molar-refractivity contribution in [1.29, 1.82) is 0 Å². The largest absolute Gasteiger partial charge is 0.468 e. The van der Waals surface area contributed by atoms with E-state index in [9.17, 15) is 0 Å². The number of nitrogens with zero attached hydrogens (tertiary/aromatic N) is 2. The topological polar surface area (TPSA) is 51.0 Å². The van der Waals surface area contributed by atoms with Crippen LogP contribution in [0.1, 0.15) is 10.6 Å². The Balaban J connectivity index is 1.96. The predicted molar refractivity (Wildman–Crippen MR) is 80.0 cm³/mol. The minimum Gasteiger partial charge on any atom is -0.468 e. The second-order valence-electron chi connectivity index (χ2n) is 4.05. The fraction of sp³-hybridized carbons (Fsp3) is 0.231. The number of thioether (sulfide) groups is 1. The van der Waals surface area contributed by atoms with E-state index in [1.807, 2.05) is 19.2 Å². The highest BCUT2D eigenvalue weighted by Crippen LogP contribution is 2.33. The van der Waals surface area contributed by atoms with Crippen molar-refractivity contribution < 1.29 is 4.42 Å². The number of fused-ring (bicyclic) bond motifs is 1. The molecule has 3 heterocycles. The molecular formula is C13H13N3OS2. The van der Waals surface area contributed by atoms with Gasteiger partial charge in [0.25, 0.3) is 0 Å². The quantitative estimate of drug-likeness (QED) is 0.583. The van der Waals surface area contributed by atoms with E-state index in [0.29, 0.717) is 5.95 Å². The summed E-state index contributed by atoms with van der Waals surface area (Å²) in [5.74, 6) is 2.39. The number of thiophene rings is 1. The molecule has 0 radical (unpaired) electrons. The summed E-state index contributed by atoms with van der Waals surface area (Å²) >= 11 is 3.36. The Labute approximate surface area is 119 Å². The predicted octanol–water partition coefficient (Wildman–Crippen LogP) is 3.93. The van der Waals surface area contributed by atoms with E-state index in [2.05, 4.69) is 28.3 Å². The van der Waals surface area contributed by atoms with E-state index >= 15 is 0 Å². The summed E-state index contributed by atoms with van der Waals surface area (Å²) in [7, 11) is 1.84. The summed E-state index contributed by atoms with van der Waals surface area (Å²) in [6, 6.07) is 6.02. The van der Waals surface area contributed by atoms with Gasteiger partial charge in [-0.2, -0.15) is 0 Å². The number of anilines is 1. The van der Waals surface area contributed by atoms with E-state index in [0.717, 1.165) is 26.8 Å². The van der Waals surface area contributed by atoms with Crippen LogP contribution in [0.2, 0.25) is 0 Å². The molecule has 0 aliphatic rings. The van der Waals surface area contributed by atoms with E-state index in [1.165, 1.54) is 4.88 Å². The van der Waals surface area contributed by atoms with Crippen LogP contribution in [0.5, 0.6) is 0 Å². The lowest BCUT2D eigenvalue weighted by molar-refractivity contribution is 0.530. The minimum atomic E-state index is 0.663. The molecule has 0 fully saturated rings. The third-order valence-electron chi connectivity index (χ3n) is 2.64. The molecule has 0 atom stereocenters. The Morgan fingerprint density at radius 1 is 1.42 bits per heavy atom. The third-order valence-corrected chi connectivity index (χ3v) is 4.59. The first-order chi connectivity index (χ1) is 9.26. The second-order valence-corrected chi connectivity index (χ2v) is 6.25. The lowest BCUT2D eigenvalue weighted by Gasteiger charge is -2.04. The van der Waals surface area contributed by atoms with Crippen molar-refractivity contribution in [3.63, 3.8) is 0 Å². The average Bonchev–Trinajstić information content (AvgIpc) is 3.03. The maximum Gasteiger partial charge on any atom is 0.224 e. The van der Waals surface area contributed by atoms with Gasteiger partial charge in [0.15, 0.2) is 0 Å². The molecule has 6 heteroatoms. The van der Waals surface area contributed by atoms with Gasteiger partial charge >= 0.3 is 0 Å². The Kier molecular flexibility index (Phi) is 3.44. The normalized spacial score (nSPS) is 11.1. The van der Waals surface area contributed by atoms with Crippen LogP contribution >= 0.6 is 23.1 Å². The Hall–Kier alpha value is -1.53. The fourth-order valence-corrected chi connectivity index (χ4v) is 3.62. The lowest BCUT2D eigenvalue weighted by Crippen LogP contribution is -1.97. The number of rotatable bonds is 4. The maximum absolute atomic E-state index is 5.35. The van der Waals surface area contributed by atoms with Gasteiger partial charge in [0.05, 0.1) is 12.0 Å². The summed E-state index contributed by atoms with van der Waals surface area (Å²) in [6.45, 7) is 2.09. The Morgan fingerprint density at radius 2 is 2.32 bits per heavy atom. The zero-order valence-corrected chi connectivity index (χ0v) is 12.3. The zero-order valence-electron chi connectivity index (χ0n) is 10.6. The summed E-state index contributed by atoms with van der Waals surface area (Å²) in [4.78, 5) is 11.3. The van der Waals surface area contributed by atoms with Crippen molar-refractivity contribution in [3.05, 3.63) is 35.1 Å². The van der Waals surface area contributed by atoms with Crippen LogP contribution in [0.25, 0.3) is 10.2 Å². The summed E-state index contributed by atoms with van der Waals surface area (Å²) in [5, 5.41) is 5.13. The van der Waals surface area contributed by atoms with E-state index in [-0.39, 0.29) is 0 Å². The number of nitrogens with one attached hydrogen (secondary N) is 1. The third kappa shape index (κ3) is 2.59. The summed E-state index contributed by atoms with van der Waals surface area (Å²) in [6.07, 6.45) is 1.69. The van der Waals surface area contributed by atoms with Crippen LogP contribution in [-0.4, -0.2) is 17.0 Å². The molecular weight excluding hydrogens is 278 g/mol. The molecule has 0 saturated carbocycles. The minimum absolute atomic E-state index is 0.663. The molecule has 4 nitrogen and oxygen atoms in total. The van der Waals surface area contributed by atoms with Gasteiger partial charge in [-0.25, -0.2) is 9.97 Å². The number of hydrogen-bond acceptors (Lipinski definition) is 6. The van der Waals surface area contributed by atoms with Crippen LogP contribution in [0.4, 0.5) is 5.95 Å². The monoisotopic (exact) mass is 291 g/mol. The molecule has 1 N–H and O–H groups in total. The Bertz CT molecular complexity index is 691. The molecule has 0 amide bonds. The summed E-state index contributed by atoms with van der Waals surface area (Å²) < 4.78 is 5.35. The van der Waals surface area contributed by atoms with Gasteiger partial charge in [-0.1, -0.05) is 11.8 Å². The Morgan fingerprint density at radius 3 is 3.05 bits per heavy atom. The van der Waals surface area contributed by atoms with Crippen molar-refractivity contribution in [2.45, 2.75) is 17.7 Å². The molecule has 3 rings (SSSR count). The number of furan rings is 1. The highest BCUT2D eigenvalue weighted by Gasteiger charge is 2.11. The molecule has 0 bridgehead atoms. The van der Waals surface area contributed by atoms with Gasteiger partial charge in [-0.15, -0.1) is 11.3 Å². The first kappa shape index (κ1) is 12.5. The average molecular weight is 291 g/mol. The smallest absolute Gasteiger partial charge is 0.224 e. The van der Waals surface area contributed by atoms with Gasteiger partial charge in [-0.3, -0.25) is 0 Å². The van der Waals surface area contributed by atoms with Crippen LogP contribution in [0, 0.1) is 6.92 Å². The summed E-state index contributed by atoms with van der Waals surface area (Å²) in [5.41, 5.74) is 0. The highest BCUT2D eigenvalue weighted by atomic mass is 32.2. The molecule has 19 heavy (non-hydrogen) atoms. The zero-order chi connectivity index (χ0) is 13.2. The van der Waals surface area contributed by atoms with Gasteiger partial charge in [0.2, 0.25) is 5.95 Å². The molecule has 98 valence electrons. The van der Waals surface area contributed by atoms with Gasteiger partial charge in [0, 0.05) is 17.3 Å². The molecule has 0 spiro atoms. The van der Waals surface area contributed by atoms with Crippen LogP contribution < -0.4 is 5.32 Å². The molecule has 0 aliphatic heterocycles. The molecule has 0 aliphatic carbocycles. The van der Waals surface area contributed by atoms with Crippen LogP contribution in [0.15, 0.2) is 33.9 Å². The molecule has 3 aromatic rings. The van der Waals surface area contributed by atoms with Gasteiger partial charge in [0.1, 0.15) is 15.6 Å². The molecule has 3 aromatic heterocycles. The van der Waals surface area contributed by atoms with Crippen molar-refractivity contribution in [2.24, 2.45) is 0 Å². The van der Waals surface area contributed by atoms with Crippen molar-refractivity contribution >= 4 is 39.3 Å². The second kappa shape index (κ2) is 5.22. The SMILES string of the molecule is CNc1nc(SCc2ccco2)c2cc(C)sc2n1. The van der Waals surface area contributed by atoms with Crippen LogP contribution in [-0.2, 0) is 5.75 Å². The van der Waals surface area contributed by atoms with E-state index in [4.69, 9.17) is 4.42 Å². The first-order valence-corrected chi connectivity index (χ1v) is 7.67. The molecule has 0 saturated heterocycles. The lowest BCUT2D eigenvalue weighted by atomic mass is 10.4. The maximum atomic E-state index is 5.35. The highest BCUT2D eigenvalue weighted by molar-refractivity contribution is 7.98. The van der Waals surface area contributed by atoms with Gasteiger partial charge < -0.3 is 9.73 Å². The van der Waals surface area contributed by atoms with Crippen LogP contribution in [0.3, 0.4) is 0 Å². The number of aromatic nitrogens is 2.